The molecule has 2 unspecified atom stereocenters. The molecule has 0 amide bonds. The number of benzene rings is 1. The van der Waals surface area contributed by atoms with Crippen LogP contribution in [0.2, 0.25) is 5.02 Å². The highest BCUT2D eigenvalue weighted by Crippen LogP contribution is 2.26. The average Bonchev–Trinajstić information content (AvgIpc) is 2.94. The molecule has 2 rings (SSSR count). The Morgan fingerprint density at radius 2 is 2.00 bits per heavy atom. The van der Waals surface area contributed by atoms with E-state index in [1.54, 1.807) is 0 Å². The van der Waals surface area contributed by atoms with E-state index in [-0.39, 0.29) is 6.04 Å². The Kier molecular flexibility index (Phi) is 5.46. The second-order valence-electron chi connectivity index (χ2n) is 4.73. The Hall–Kier alpha value is -1.04. The van der Waals surface area contributed by atoms with Crippen LogP contribution < -0.4 is 5.73 Å². The van der Waals surface area contributed by atoms with Crippen LogP contribution in [0.4, 0.5) is 0 Å². The Balaban J connectivity index is 1.94. The van der Waals surface area contributed by atoms with E-state index >= 15 is 0 Å². The summed E-state index contributed by atoms with van der Waals surface area (Å²) in [5.74, 6) is 1.60. The quantitative estimate of drug-likeness (QED) is 0.815. The first kappa shape index (κ1) is 15.4. The van der Waals surface area contributed by atoms with E-state index in [1.807, 2.05) is 24.3 Å². The molecule has 0 fully saturated rings. The van der Waals surface area contributed by atoms with Crippen LogP contribution >= 0.6 is 23.4 Å². The van der Waals surface area contributed by atoms with Gasteiger partial charge in [-0.1, -0.05) is 55.8 Å². The van der Waals surface area contributed by atoms with Gasteiger partial charge in [-0.2, -0.15) is 0 Å². The minimum absolute atomic E-state index is 0.197. The van der Waals surface area contributed by atoms with Gasteiger partial charge < -0.3 is 10.2 Å². The summed E-state index contributed by atoms with van der Waals surface area (Å²) in [5.41, 5.74) is 7.22. The number of aromatic nitrogens is 2. The molecule has 6 heteroatoms. The molecule has 0 aliphatic heterocycles. The molecule has 0 aliphatic carbocycles. The number of hydrogen-bond acceptors (Lipinski definition) is 5. The van der Waals surface area contributed by atoms with Crippen LogP contribution in [0.1, 0.15) is 37.8 Å². The lowest BCUT2D eigenvalue weighted by atomic mass is 10.0. The summed E-state index contributed by atoms with van der Waals surface area (Å²) in [6, 6.07) is 7.51. The van der Waals surface area contributed by atoms with Crippen molar-refractivity contribution in [3.63, 3.8) is 0 Å². The molecule has 1 heterocycles. The molecule has 0 spiro atoms. The molecule has 108 valence electrons. The molecule has 0 bridgehead atoms. The van der Waals surface area contributed by atoms with E-state index in [1.165, 1.54) is 11.8 Å². The fourth-order valence-electron chi connectivity index (χ4n) is 1.64. The molecule has 0 aliphatic rings. The van der Waals surface area contributed by atoms with Crippen molar-refractivity contribution < 1.29 is 4.42 Å². The predicted molar refractivity (Wildman–Crippen MR) is 81.7 cm³/mol. The number of halogens is 1. The van der Waals surface area contributed by atoms with Crippen LogP contribution in [0.25, 0.3) is 0 Å². The normalized spacial score (nSPS) is 14.2. The highest BCUT2D eigenvalue weighted by molar-refractivity contribution is 7.98. The van der Waals surface area contributed by atoms with Crippen molar-refractivity contribution in [3.8, 4) is 0 Å². The fourth-order valence-corrected chi connectivity index (χ4v) is 2.49. The van der Waals surface area contributed by atoms with Gasteiger partial charge in [0.1, 0.15) is 0 Å². The maximum absolute atomic E-state index is 6.07. The summed E-state index contributed by atoms with van der Waals surface area (Å²) < 4.78 is 5.60. The maximum atomic E-state index is 6.07. The Morgan fingerprint density at radius 3 is 2.65 bits per heavy atom. The van der Waals surface area contributed by atoms with Crippen molar-refractivity contribution in [2.24, 2.45) is 11.7 Å². The first-order valence-electron chi connectivity index (χ1n) is 6.56. The first-order valence-corrected chi connectivity index (χ1v) is 7.92. The van der Waals surface area contributed by atoms with Crippen LogP contribution in [0.3, 0.4) is 0 Å². The minimum Gasteiger partial charge on any atom is -0.414 e. The standard InChI is InChI=1S/C14H18ClN3OS/c1-3-9(2)12(16)13-17-18-14(19-13)20-8-10-4-6-11(15)7-5-10/h4-7,9,12H,3,8,16H2,1-2H3. The Labute approximate surface area is 128 Å². The lowest BCUT2D eigenvalue weighted by Crippen LogP contribution is -2.18. The maximum Gasteiger partial charge on any atom is 0.276 e. The molecule has 1 aromatic heterocycles. The van der Waals surface area contributed by atoms with Crippen molar-refractivity contribution in [1.82, 2.24) is 10.2 Å². The number of hydrogen-bond donors (Lipinski definition) is 1. The van der Waals surface area contributed by atoms with Crippen LogP contribution in [-0.2, 0) is 5.75 Å². The number of nitrogens with zero attached hydrogens (tertiary/aromatic N) is 2. The molecule has 2 N–H and O–H groups in total. The second-order valence-corrected chi connectivity index (χ2v) is 6.10. The zero-order valence-corrected chi connectivity index (χ0v) is 13.1. The van der Waals surface area contributed by atoms with Gasteiger partial charge in [0.15, 0.2) is 0 Å². The lowest BCUT2D eigenvalue weighted by molar-refractivity contribution is 0.333. The van der Waals surface area contributed by atoms with Crippen molar-refractivity contribution in [3.05, 3.63) is 40.7 Å². The molecular formula is C14H18ClN3OS. The van der Waals surface area contributed by atoms with Crippen molar-refractivity contribution in [2.45, 2.75) is 37.3 Å². The van der Waals surface area contributed by atoms with Crippen molar-refractivity contribution in [1.29, 1.82) is 0 Å². The summed E-state index contributed by atoms with van der Waals surface area (Å²) in [7, 11) is 0. The van der Waals surface area contributed by atoms with E-state index in [2.05, 4.69) is 24.0 Å². The van der Waals surface area contributed by atoms with Gasteiger partial charge in [0, 0.05) is 10.8 Å². The topological polar surface area (TPSA) is 64.9 Å². The third-order valence-electron chi connectivity index (χ3n) is 3.24. The highest BCUT2D eigenvalue weighted by atomic mass is 35.5. The van der Waals surface area contributed by atoms with Gasteiger partial charge in [0.25, 0.3) is 5.22 Å². The lowest BCUT2D eigenvalue weighted by Gasteiger charge is -2.13. The Morgan fingerprint density at radius 1 is 1.30 bits per heavy atom. The zero-order chi connectivity index (χ0) is 14.5. The average molecular weight is 312 g/mol. The van der Waals surface area contributed by atoms with Gasteiger partial charge in [0.05, 0.1) is 6.04 Å². The van der Waals surface area contributed by atoms with Gasteiger partial charge in [-0.3, -0.25) is 0 Å². The molecule has 0 radical (unpaired) electrons. The third-order valence-corrected chi connectivity index (χ3v) is 4.38. The molecular weight excluding hydrogens is 294 g/mol. The second kappa shape index (κ2) is 7.11. The van der Waals surface area contributed by atoms with Crippen LogP contribution in [0, 0.1) is 5.92 Å². The molecule has 2 aromatic rings. The number of thioether (sulfide) groups is 1. The highest BCUT2D eigenvalue weighted by Gasteiger charge is 2.19. The summed E-state index contributed by atoms with van der Waals surface area (Å²) in [6.07, 6.45) is 0.983. The van der Waals surface area contributed by atoms with E-state index in [9.17, 15) is 0 Å². The van der Waals surface area contributed by atoms with Crippen LogP contribution in [-0.4, -0.2) is 10.2 Å². The minimum atomic E-state index is -0.197. The monoisotopic (exact) mass is 311 g/mol. The van der Waals surface area contributed by atoms with Crippen LogP contribution in [0.5, 0.6) is 0 Å². The largest absolute Gasteiger partial charge is 0.414 e. The number of nitrogens with two attached hydrogens (primary N) is 1. The van der Waals surface area contributed by atoms with E-state index < -0.39 is 0 Å². The molecule has 1 aromatic carbocycles. The summed E-state index contributed by atoms with van der Waals surface area (Å²) in [4.78, 5) is 0. The molecule has 2 atom stereocenters. The zero-order valence-electron chi connectivity index (χ0n) is 11.5. The van der Waals surface area contributed by atoms with Crippen LogP contribution in [0.15, 0.2) is 33.9 Å². The van der Waals surface area contributed by atoms with Crippen molar-refractivity contribution >= 4 is 23.4 Å². The third kappa shape index (κ3) is 3.98. The van der Waals surface area contributed by atoms with Gasteiger partial charge in [-0.25, -0.2) is 0 Å². The van der Waals surface area contributed by atoms with E-state index in [0.29, 0.717) is 17.0 Å². The number of rotatable bonds is 6. The van der Waals surface area contributed by atoms with Gasteiger partial charge in [-0.05, 0) is 23.6 Å². The molecule has 0 saturated heterocycles. The van der Waals surface area contributed by atoms with Gasteiger partial charge in [0.2, 0.25) is 5.89 Å². The van der Waals surface area contributed by atoms with E-state index in [0.717, 1.165) is 22.8 Å². The summed E-state index contributed by atoms with van der Waals surface area (Å²) in [5, 5.41) is 9.34. The SMILES string of the molecule is CCC(C)C(N)c1nnc(SCc2ccc(Cl)cc2)o1. The first-order chi connectivity index (χ1) is 9.60. The molecule has 20 heavy (non-hydrogen) atoms. The smallest absolute Gasteiger partial charge is 0.276 e. The Bertz CT molecular complexity index is 544. The van der Waals surface area contributed by atoms with E-state index in [4.69, 9.17) is 21.8 Å². The molecule has 0 saturated carbocycles. The predicted octanol–water partition coefficient (Wildman–Crippen LogP) is 4.06. The summed E-state index contributed by atoms with van der Waals surface area (Å²) in [6.45, 7) is 4.17. The van der Waals surface area contributed by atoms with Gasteiger partial charge in [-0.15, -0.1) is 10.2 Å². The fraction of sp³-hybridized carbons (Fsp3) is 0.429. The summed E-state index contributed by atoms with van der Waals surface area (Å²) >= 11 is 7.35. The molecule has 4 nitrogen and oxygen atoms in total. The van der Waals surface area contributed by atoms with Gasteiger partial charge >= 0.3 is 0 Å². The van der Waals surface area contributed by atoms with Crippen molar-refractivity contribution in [2.75, 3.05) is 0 Å².